The maximum atomic E-state index is 10.8. The Kier molecular flexibility index (Phi) is 5.37. The summed E-state index contributed by atoms with van der Waals surface area (Å²) in [7, 11) is 3.14. The van der Waals surface area contributed by atoms with Gasteiger partial charge in [-0.3, -0.25) is 0 Å². The molecule has 6 nitrogen and oxygen atoms in total. The second kappa shape index (κ2) is 7.46. The van der Waals surface area contributed by atoms with Crippen molar-refractivity contribution in [3.8, 4) is 11.5 Å². The van der Waals surface area contributed by atoms with Crippen molar-refractivity contribution in [3.05, 3.63) is 48.0 Å². The van der Waals surface area contributed by atoms with Gasteiger partial charge < -0.3 is 25.2 Å². The summed E-state index contributed by atoms with van der Waals surface area (Å²) in [5.74, 6) is 0.316. The first-order valence-electron chi connectivity index (χ1n) is 6.67. The van der Waals surface area contributed by atoms with Crippen molar-refractivity contribution in [1.82, 2.24) is 0 Å². The first-order valence-corrected chi connectivity index (χ1v) is 7.07. The van der Waals surface area contributed by atoms with Gasteiger partial charge >= 0.3 is 5.97 Å². The molecule has 0 bridgehead atoms. The summed E-state index contributed by atoms with van der Waals surface area (Å²) in [5, 5.41) is 15.2. The zero-order valence-corrected chi connectivity index (χ0v) is 13.4. The van der Waals surface area contributed by atoms with Crippen LogP contribution < -0.4 is 20.1 Å². The lowest BCUT2D eigenvalue weighted by molar-refractivity contribution is 0.0697. The van der Waals surface area contributed by atoms with Gasteiger partial charge in [-0.2, -0.15) is 0 Å². The Labute approximate surface area is 139 Å². The maximum Gasteiger partial charge on any atom is 0.335 e. The molecular formula is C16H16N2O4S. The molecule has 0 atom stereocenters. The van der Waals surface area contributed by atoms with E-state index in [-0.39, 0.29) is 5.56 Å². The number of aromatic carboxylic acids is 1. The zero-order valence-electron chi connectivity index (χ0n) is 12.6. The molecule has 2 aromatic carbocycles. The molecule has 23 heavy (non-hydrogen) atoms. The molecule has 2 aromatic rings. The minimum absolute atomic E-state index is 0.212. The Bertz CT molecular complexity index is 717. The number of anilines is 2. The van der Waals surface area contributed by atoms with Gasteiger partial charge in [0, 0.05) is 11.8 Å². The SMILES string of the molecule is COc1ccc(OC)c(NC(=S)Nc2ccc(C(=O)O)cc2)c1. The Morgan fingerprint density at radius 1 is 1.04 bits per heavy atom. The molecule has 0 fully saturated rings. The Morgan fingerprint density at radius 2 is 1.74 bits per heavy atom. The molecule has 0 aliphatic carbocycles. The van der Waals surface area contributed by atoms with Gasteiger partial charge in [0.15, 0.2) is 5.11 Å². The van der Waals surface area contributed by atoms with E-state index in [1.165, 1.54) is 12.1 Å². The van der Waals surface area contributed by atoms with Crippen molar-refractivity contribution in [2.24, 2.45) is 0 Å². The molecule has 0 heterocycles. The average Bonchev–Trinajstić information content (AvgIpc) is 2.55. The summed E-state index contributed by atoms with van der Waals surface area (Å²) in [6.07, 6.45) is 0. The van der Waals surface area contributed by atoms with Crippen LogP contribution >= 0.6 is 12.2 Å². The monoisotopic (exact) mass is 332 g/mol. The van der Waals surface area contributed by atoms with Gasteiger partial charge in [0.05, 0.1) is 25.5 Å². The quantitative estimate of drug-likeness (QED) is 0.726. The number of carboxylic acids is 1. The Morgan fingerprint density at radius 3 is 2.30 bits per heavy atom. The molecule has 0 unspecified atom stereocenters. The number of methoxy groups -OCH3 is 2. The summed E-state index contributed by atoms with van der Waals surface area (Å²) in [6, 6.07) is 11.6. The van der Waals surface area contributed by atoms with Crippen molar-refractivity contribution in [2.45, 2.75) is 0 Å². The number of carbonyl (C=O) groups is 1. The van der Waals surface area contributed by atoms with Crippen LogP contribution in [0.5, 0.6) is 11.5 Å². The smallest absolute Gasteiger partial charge is 0.335 e. The van der Waals surface area contributed by atoms with Crippen LogP contribution in [0.3, 0.4) is 0 Å². The topological polar surface area (TPSA) is 79.8 Å². The molecule has 2 rings (SSSR count). The molecule has 120 valence electrons. The summed E-state index contributed by atoms with van der Waals surface area (Å²) in [5.41, 5.74) is 1.55. The number of carboxylic acid groups (broad SMARTS) is 1. The number of ether oxygens (including phenoxy) is 2. The number of hydrogen-bond donors (Lipinski definition) is 3. The highest BCUT2D eigenvalue weighted by molar-refractivity contribution is 7.80. The highest BCUT2D eigenvalue weighted by Gasteiger charge is 2.08. The molecule has 3 N–H and O–H groups in total. The normalized spacial score (nSPS) is 9.83. The van der Waals surface area contributed by atoms with E-state index in [2.05, 4.69) is 10.6 Å². The van der Waals surface area contributed by atoms with Crippen LogP contribution in [-0.2, 0) is 0 Å². The van der Waals surface area contributed by atoms with E-state index in [1.54, 1.807) is 44.6 Å². The van der Waals surface area contributed by atoms with Crippen molar-refractivity contribution in [2.75, 3.05) is 24.9 Å². The third-order valence-electron chi connectivity index (χ3n) is 3.04. The fourth-order valence-electron chi connectivity index (χ4n) is 1.89. The third kappa shape index (κ3) is 4.33. The molecule has 7 heteroatoms. The van der Waals surface area contributed by atoms with E-state index in [4.69, 9.17) is 26.8 Å². The highest BCUT2D eigenvalue weighted by Crippen LogP contribution is 2.29. The summed E-state index contributed by atoms with van der Waals surface area (Å²) in [6.45, 7) is 0. The van der Waals surface area contributed by atoms with Gasteiger partial charge in [0.1, 0.15) is 11.5 Å². The van der Waals surface area contributed by atoms with Crippen molar-refractivity contribution in [1.29, 1.82) is 0 Å². The molecule has 0 saturated heterocycles. The molecule has 0 saturated carbocycles. The summed E-state index contributed by atoms with van der Waals surface area (Å²) >= 11 is 5.25. The summed E-state index contributed by atoms with van der Waals surface area (Å²) < 4.78 is 10.4. The van der Waals surface area contributed by atoms with Crippen LogP contribution in [0.25, 0.3) is 0 Å². The van der Waals surface area contributed by atoms with E-state index < -0.39 is 5.97 Å². The third-order valence-corrected chi connectivity index (χ3v) is 3.25. The molecular weight excluding hydrogens is 316 g/mol. The maximum absolute atomic E-state index is 10.8. The Hall–Kier alpha value is -2.80. The van der Waals surface area contributed by atoms with E-state index in [9.17, 15) is 4.79 Å². The molecule has 0 aromatic heterocycles. The van der Waals surface area contributed by atoms with Crippen LogP contribution in [0.1, 0.15) is 10.4 Å². The van der Waals surface area contributed by atoms with Gasteiger partial charge in [-0.1, -0.05) is 0 Å². The second-order valence-corrected chi connectivity index (χ2v) is 4.94. The minimum Gasteiger partial charge on any atom is -0.497 e. The van der Waals surface area contributed by atoms with Crippen LogP contribution in [-0.4, -0.2) is 30.4 Å². The van der Waals surface area contributed by atoms with Gasteiger partial charge in [0.25, 0.3) is 0 Å². The van der Waals surface area contributed by atoms with E-state index in [0.717, 1.165) is 0 Å². The average molecular weight is 332 g/mol. The van der Waals surface area contributed by atoms with Crippen LogP contribution in [0.4, 0.5) is 11.4 Å². The highest BCUT2D eigenvalue weighted by atomic mass is 32.1. The van der Waals surface area contributed by atoms with Crippen molar-refractivity contribution < 1.29 is 19.4 Å². The fourth-order valence-corrected chi connectivity index (χ4v) is 2.12. The van der Waals surface area contributed by atoms with Gasteiger partial charge in [0.2, 0.25) is 0 Å². The Balaban J connectivity index is 2.08. The van der Waals surface area contributed by atoms with Crippen LogP contribution in [0.2, 0.25) is 0 Å². The molecule has 0 spiro atoms. The predicted octanol–water partition coefficient (Wildman–Crippen LogP) is 3.21. The van der Waals surface area contributed by atoms with Gasteiger partial charge in [-0.05, 0) is 48.6 Å². The van der Waals surface area contributed by atoms with Gasteiger partial charge in [-0.25, -0.2) is 4.79 Å². The number of nitrogens with one attached hydrogen (secondary N) is 2. The van der Waals surface area contributed by atoms with E-state index in [0.29, 0.717) is 28.0 Å². The first kappa shape index (κ1) is 16.6. The second-order valence-electron chi connectivity index (χ2n) is 4.53. The minimum atomic E-state index is -0.974. The lowest BCUT2D eigenvalue weighted by Gasteiger charge is -2.14. The van der Waals surface area contributed by atoms with Crippen LogP contribution in [0.15, 0.2) is 42.5 Å². The zero-order chi connectivity index (χ0) is 16.8. The standard InChI is InChI=1S/C16H16N2O4S/c1-21-12-7-8-14(22-2)13(9-12)18-16(23)17-11-5-3-10(4-6-11)15(19)20/h3-9H,1-2H3,(H,19,20)(H2,17,18,23). The van der Waals surface area contributed by atoms with Crippen LogP contribution in [0, 0.1) is 0 Å². The lowest BCUT2D eigenvalue weighted by atomic mass is 10.2. The van der Waals surface area contributed by atoms with Crippen molar-refractivity contribution in [3.63, 3.8) is 0 Å². The molecule has 0 amide bonds. The molecule has 0 aliphatic rings. The molecule has 0 radical (unpaired) electrons. The summed E-state index contributed by atoms with van der Waals surface area (Å²) in [4.78, 5) is 10.8. The number of hydrogen-bond acceptors (Lipinski definition) is 4. The van der Waals surface area contributed by atoms with Crippen molar-refractivity contribution >= 4 is 34.7 Å². The van der Waals surface area contributed by atoms with Gasteiger partial charge in [-0.15, -0.1) is 0 Å². The predicted molar refractivity (Wildman–Crippen MR) is 92.8 cm³/mol. The number of rotatable bonds is 5. The molecule has 0 aliphatic heterocycles. The fraction of sp³-hybridized carbons (Fsp3) is 0.125. The van der Waals surface area contributed by atoms with E-state index in [1.807, 2.05) is 0 Å². The largest absolute Gasteiger partial charge is 0.497 e. The first-order chi connectivity index (χ1) is 11.0. The number of thiocarbonyl (C=S) groups is 1. The van der Waals surface area contributed by atoms with E-state index >= 15 is 0 Å². The lowest BCUT2D eigenvalue weighted by Crippen LogP contribution is -2.19. The number of benzene rings is 2.